The van der Waals surface area contributed by atoms with Gasteiger partial charge in [-0.05, 0) is 50.5 Å². The van der Waals surface area contributed by atoms with Gasteiger partial charge in [-0.3, -0.25) is 14.4 Å². The number of nitrogens with one attached hydrogen (secondary N) is 1. The zero-order valence-electron chi connectivity index (χ0n) is 17.0. The molecular weight excluding hydrogens is 390 g/mol. The van der Waals surface area contributed by atoms with Crippen molar-refractivity contribution in [2.75, 3.05) is 13.1 Å². The largest absolute Gasteiger partial charge is 0.453 e. The molecule has 7 nitrogen and oxygen atoms in total. The quantitative estimate of drug-likeness (QED) is 0.772. The lowest BCUT2D eigenvalue weighted by Crippen LogP contribution is -2.36. The number of rotatable bonds is 4. The molecule has 1 aliphatic heterocycles. The van der Waals surface area contributed by atoms with E-state index >= 15 is 0 Å². The van der Waals surface area contributed by atoms with Crippen LogP contribution in [0.4, 0.5) is 0 Å². The summed E-state index contributed by atoms with van der Waals surface area (Å²) in [4.78, 5) is 48.1. The summed E-state index contributed by atoms with van der Waals surface area (Å²) in [6.45, 7) is 4.46. The fourth-order valence-corrected chi connectivity index (χ4v) is 5.60. The van der Waals surface area contributed by atoms with E-state index in [1.807, 2.05) is 0 Å². The Labute approximate surface area is 173 Å². The number of hydrogen-bond donors (Lipinski definition) is 1. The zero-order chi connectivity index (χ0) is 20.5. The Morgan fingerprint density at radius 3 is 2.97 bits per heavy atom. The molecule has 4 rings (SSSR count). The van der Waals surface area contributed by atoms with Gasteiger partial charge < -0.3 is 14.6 Å². The molecule has 0 aromatic carbocycles. The standard InChI is InChI=1S/C21H27N3O4S/c1-12-7-8-14-15(10-12)29-21-18(14)20(27)22-19(23-21)13(2)28-17(26)11-24-9-5-3-4-6-16(24)25/h12-13H,3-11H2,1-2H3,(H,22,23,27)/t12-,13+/m1/s1. The molecule has 1 aliphatic carbocycles. The number of carbonyl (C=O) groups is 2. The fraction of sp³-hybridized carbons (Fsp3) is 0.619. The Balaban J connectivity index is 1.49. The molecule has 8 heteroatoms. The van der Waals surface area contributed by atoms with Crippen LogP contribution in [-0.2, 0) is 27.2 Å². The van der Waals surface area contributed by atoms with Crippen LogP contribution in [0.3, 0.4) is 0 Å². The van der Waals surface area contributed by atoms with Crippen molar-refractivity contribution < 1.29 is 14.3 Å². The second-order valence-electron chi connectivity index (χ2n) is 8.24. The Morgan fingerprint density at radius 1 is 1.31 bits per heavy atom. The van der Waals surface area contributed by atoms with E-state index in [1.54, 1.807) is 23.2 Å². The van der Waals surface area contributed by atoms with Crippen LogP contribution in [0.5, 0.6) is 0 Å². The van der Waals surface area contributed by atoms with Crippen molar-refractivity contribution in [3.8, 4) is 0 Å². The zero-order valence-corrected chi connectivity index (χ0v) is 17.8. The van der Waals surface area contributed by atoms with Gasteiger partial charge in [-0.1, -0.05) is 13.3 Å². The van der Waals surface area contributed by atoms with Crippen LogP contribution < -0.4 is 5.56 Å². The van der Waals surface area contributed by atoms with Crippen molar-refractivity contribution in [1.82, 2.24) is 14.9 Å². The number of aromatic amines is 1. The Hall–Kier alpha value is -2.22. The summed E-state index contributed by atoms with van der Waals surface area (Å²) < 4.78 is 5.49. The van der Waals surface area contributed by atoms with Crippen LogP contribution in [0.2, 0.25) is 0 Å². The molecule has 0 spiro atoms. The van der Waals surface area contributed by atoms with Crippen molar-refractivity contribution in [2.45, 2.75) is 64.9 Å². The second kappa shape index (κ2) is 8.26. The number of carbonyl (C=O) groups excluding carboxylic acids is 2. The van der Waals surface area contributed by atoms with Crippen LogP contribution in [0.1, 0.15) is 68.3 Å². The van der Waals surface area contributed by atoms with Crippen LogP contribution in [0, 0.1) is 5.92 Å². The van der Waals surface area contributed by atoms with Crippen molar-refractivity contribution in [2.24, 2.45) is 5.92 Å². The topological polar surface area (TPSA) is 92.4 Å². The normalized spacial score (nSPS) is 21.0. The van der Waals surface area contributed by atoms with Crippen molar-refractivity contribution >= 4 is 33.4 Å². The first-order valence-electron chi connectivity index (χ1n) is 10.4. The summed E-state index contributed by atoms with van der Waals surface area (Å²) >= 11 is 1.57. The number of H-pyrrole nitrogens is 1. The highest BCUT2D eigenvalue weighted by atomic mass is 32.1. The lowest BCUT2D eigenvalue weighted by molar-refractivity contribution is -0.153. The predicted octanol–water partition coefficient (Wildman–Crippen LogP) is 3.12. The van der Waals surface area contributed by atoms with E-state index < -0.39 is 12.1 Å². The lowest BCUT2D eigenvalue weighted by atomic mass is 9.89. The highest BCUT2D eigenvalue weighted by Crippen LogP contribution is 2.35. The summed E-state index contributed by atoms with van der Waals surface area (Å²) in [5.41, 5.74) is 0.968. The molecule has 2 aromatic rings. The summed E-state index contributed by atoms with van der Waals surface area (Å²) in [7, 11) is 0. The molecule has 2 aliphatic rings. The average molecular weight is 418 g/mol. The minimum atomic E-state index is -0.681. The highest BCUT2D eigenvalue weighted by Gasteiger charge is 2.25. The molecule has 0 radical (unpaired) electrons. The maximum Gasteiger partial charge on any atom is 0.326 e. The highest BCUT2D eigenvalue weighted by molar-refractivity contribution is 7.18. The van der Waals surface area contributed by atoms with E-state index in [2.05, 4.69) is 16.9 Å². The number of aromatic nitrogens is 2. The molecule has 156 valence electrons. The van der Waals surface area contributed by atoms with Crippen LogP contribution in [-0.4, -0.2) is 39.8 Å². The van der Waals surface area contributed by atoms with Gasteiger partial charge in [-0.25, -0.2) is 4.98 Å². The Morgan fingerprint density at radius 2 is 2.14 bits per heavy atom. The van der Waals surface area contributed by atoms with Crippen LogP contribution in [0.25, 0.3) is 10.2 Å². The molecule has 1 fully saturated rings. The molecule has 1 amide bonds. The van der Waals surface area contributed by atoms with Gasteiger partial charge in [0.15, 0.2) is 11.9 Å². The van der Waals surface area contributed by atoms with Crippen LogP contribution in [0.15, 0.2) is 4.79 Å². The number of nitrogens with zero attached hydrogens (tertiary/aromatic N) is 2. The van der Waals surface area contributed by atoms with Crippen molar-refractivity contribution in [3.05, 3.63) is 26.6 Å². The van der Waals surface area contributed by atoms with Gasteiger partial charge in [0.1, 0.15) is 11.4 Å². The molecule has 0 unspecified atom stereocenters. The van der Waals surface area contributed by atoms with Gasteiger partial charge in [-0.15, -0.1) is 11.3 Å². The molecule has 0 bridgehead atoms. The number of thiophene rings is 1. The van der Waals surface area contributed by atoms with Gasteiger partial charge >= 0.3 is 5.97 Å². The number of likely N-dealkylation sites (tertiary alicyclic amines) is 1. The Bertz CT molecular complexity index is 996. The molecule has 29 heavy (non-hydrogen) atoms. The lowest BCUT2D eigenvalue weighted by Gasteiger charge is -2.20. The van der Waals surface area contributed by atoms with Gasteiger partial charge in [0.25, 0.3) is 5.56 Å². The minimum absolute atomic E-state index is 0.00144. The van der Waals surface area contributed by atoms with E-state index in [4.69, 9.17) is 4.74 Å². The molecule has 2 aromatic heterocycles. The SMILES string of the molecule is C[C@@H]1CCc2c(sc3nc([C@H](C)OC(=O)CN4CCCCCC4=O)[nH]c(=O)c23)C1. The number of amides is 1. The number of fused-ring (bicyclic) bond motifs is 3. The second-order valence-corrected chi connectivity index (χ2v) is 9.32. The third kappa shape index (κ3) is 4.22. The predicted molar refractivity (Wildman–Crippen MR) is 111 cm³/mol. The smallest absolute Gasteiger partial charge is 0.326 e. The van der Waals surface area contributed by atoms with Gasteiger partial charge in [0, 0.05) is 17.8 Å². The molecule has 0 saturated carbocycles. The first-order valence-corrected chi connectivity index (χ1v) is 11.3. The number of ether oxygens (including phenoxy) is 1. The molecule has 2 atom stereocenters. The van der Waals surface area contributed by atoms with E-state index in [1.165, 1.54) is 4.88 Å². The van der Waals surface area contributed by atoms with E-state index in [9.17, 15) is 14.4 Å². The molecular formula is C21H27N3O4S. The fourth-order valence-electron chi connectivity index (χ4n) is 4.21. The van der Waals surface area contributed by atoms with E-state index in [0.717, 1.165) is 44.1 Å². The maximum absolute atomic E-state index is 12.7. The Kier molecular flexibility index (Phi) is 5.72. The maximum atomic E-state index is 12.7. The number of aryl methyl sites for hydroxylation is 1. The monoisotopic (exact) mass is 417 g/mol. The summed E-state index contributed by atoms with van der Waals surface area (Å²) in [6.07, 6.45) is 5.56. The molecule has 1 N–H and O–H groups in total. The number of esters is 1. The summed E-state index contributed by atoms with van der Waals surface area (Å²) in [5, 5.41) is 0.689. The summed E-state index contributed by atoms with van der Waals surface area (Å²) in [5.74, 6) is 0.494. The van der Waals surface area contributed by atoms with E-state index in [-0.39, 0.29) is 18.0 Å². The van der Waals surface area contributed by atoms with Gasteiger partial charge in [0.2, 0.25) is 5.91 Å². The first kappa shape index (κ1) is 20.1. The summed E-state index contributed by atoms with van der Waals surface area (Å²) in [6, 6.07) is 0. The average Bonchev–Trinajstić information content (AvgIpc) is 2.92. The third-order valence-corrected chi connectivity index (χ3v) is 7.02. The van der Waals surface area contributed by atoms with E-state index in [0.29, 0.717) is 34.9 Å². The number of hydrogen-bond acceptors (Lipinski definition) is 6. The van der Waals surface area contributed by atoms with Crippen molar-refractivity contribution in [3.63, 3.8) is 0 Å². The minimum Gasteiger partial charge on any atom is -0.453 e. The molecule has 1 saturated heterocycles. The molecule has 3 heterocycles. The van der Waals surface area contributed by atoms with Crippen molar-refractivity contribution in [1.29, 1.82) is 0 Å². The first-order chi connectivity index (χ1) is 13.9. The van der Waals surface area contributed by atoms with Crippen LogP contribution >= 0.6 is 11.3 Å². The van der Waals surface area contributed by atoms with Gasteiger partial charge in [0.05, 0.1) is 5.39 Å². The van der Waals surface area contributed by atoms with Gasteiger partial charge in [-0.2, -0.15) is 0 Å². The third-order valence-electron chi connectivity index (χ3n) is 5.87.